The second kappa shape index (κ2) is 4.74. The number of halogens is 2. The molecule has 3 saturated heterocycles. The molecule has 4 rings (SSSR count). The van der Waals surface area contributed by atoms with Crippen LogP contribution in [0.25, 0.3) is 0 Å². The smallest absolute Gasteiger partial charge is 0.387 e. The molecule has 0 saturated carbocycles. The van der Waals surface area contributed by atoms with E-state index in [1.165, 1.54) is 24.3 Å². The van der Waals surface area contributed by atoms with Crippen molar-refractivity contribution in [1.29, 1.82) is 0 Å². The molecular formula is C15H13F2NO4. The molecular weight excluding hydrogens is 296 g/mol. The summed E-state index contributed by atoms with van der Waals surface area (Å²) in [6.45, 7) is -2.91. The van der Waals surface area contributed by atoms with Crippen molar-refractivity contribution in [2.24, 2.45) is 11.8 Å². The molecule has 0 radical (unpaired) electrons. The Morgan fingerprint density at radius 3 is 2.09 bits per heavy atom. The molecule has 116 valence electrons. The summed E-state index contributed by atoms with van der Waals surface area (Å²) in [5.41, 5.74) is 0.380. The zero-order chi connectivity index (χ0) is 15.4. The average molecular weight is 309 g/mol. The van der Waals surface area contributed by atoms with Gasteiger partial charge in [0.25, 0.3) is 0 Å². The van der Waals surface area contributed by atoms with E-state index in [2.05, 4.69) is 4.74 Å². The molecule has 0 spiro atoms. The third-order valence-electron chi connectivity index (χ3n) is 4.60. The number of ether oxygens (including phenoxy) is 2. The lowest BCUT2D eigenvalue weighted by molar-refractivity contribution is -0.124. The van der Waals surface area contributed by atoms with Crippen molar-refractivity contribution in [3.05, 3.63) is 24.3 Å². The summed E-state index contributed by atoms with van der Waals surface area (Å²) in [6.07, 6.45) is 1.27. The largest absolute Gasteiger partial charge is 0.435 e. The number of hydrogen-bond donors (Lipinski definition) is 0. The summed E-state index contributed by atoms with van der Waals surface area (Å²) in [5.74, 6) is -1.33. The standard InChI is InChI=1S/C15H13F2NO4/c16-15(17)21-8-3-1-7(2-4-8)18-13(19)11-9-5-6-10(22-9)12(11)14(18)20/h1-4,9-12,15H,5-6H2. The van der Waals surface area contributed by atoms with Gasteiger partial charge in [0.05, 0.1) is 29.7 Å². The highest BCUT2D eigenvalue weighted by molar-refractivity contribution is 6.22. The molecule has 1 aromatic rings. The van der Waals surface area contributed by atoms with Crippen LogP contribution in [0.2, 0.25) is 0 Å². The fourth-order valence-electron chi connectivity index (χ4n) is 3.74. The number of carbonyl (C=O) groups is 2. The molecule has 1 aromatic carbocycles. The van der Waals surface area contributed by atoms with E-state index in [4.69, 9.17) is 4.74 Å². The number of nitrogens with zero attached hydrogens (tertiary/aromatic N) is 1. The number of amides is 2. The molecule has 7 heteroatoms. The van der Waals surface area contributed by atoms with Crippen molar-refractivity contribution >= 4 is 17.5 Å². The lowest BCUT2D eigenvalue weighted by atomic mass is 9.81. The van der Waals surface area contributed by atoms with E-state index in [1.54, 1.807) is 0 Å². The molecule has 2 amide bonds. The summed E-state index contributed by atoms with van der Waals surface area (Å²) in [4.78, 5) is 26.2. The molecule has 3 aliphatic heterocycles. The average Bonchev–Trinajstić information content (AvgIpc) is 3.14. The molecule has 3 heterocycles. The summed E-state index contributed by atoms with van der Waals surface area (Å²) < 4.78 is 34.2. The van der Waals surface area contributed by atoms with Gasteiger partial charge in [0, 0.05) is 0 Å². The zero-order valence-corrected chi connectivity index (χ0v) is 11.4. The Labute approximate surface area is 124 Å². The molecule has 4 atom stereocenters. The first-order valence-corrected chi connectivity index (χ1v) is 7.14. The van der Waals surface area contributed by atoms with Crippen LogP contribution in [-0.2, 0) is 14.3 Å². The van der Waals surface area contributed by atoms with Gasteiger partial charge < -0.3 is 9.47 Å². The number of carbonyl (C=O) groups excluding carboxylic acids is 2. The predicted molar refractivity (Wildman–Crippen MR) is 70.4 cm³/mol. The number of imide groups is 1. The summed E-state index contributed by atoms with van der Waals surface area (Å²) >= 11 is 0. The molecule has 3 aliphatic rings. The zero-order valence-electron chi connectivity index (χ0n) is 11.4. The Bertz CT molecular complexity index is 605. The van der Waals surface area contributed by atoms with Gasteiger partial charge >= 0.3 is 6.61 Å². The van der Waals surface area contributed by atoms with E-state index in [0.29, 0.717) is 5.69 Å². The Kier molecular flexibility index (Phi) is 2.94. The number of alkyl halides is 2. The predicted octanol–water partition coefficient (Wildman–Crippen LogP) is 1.95. The number of benzene rings is 1. The summed E-state index contributed by atoms with van der Waals surface area (Å²) in [6, 6.07) is 5.52. The van der Waals surface area contributed by atoms with Gasteiger partial charge in [0.1, 0.15) is 5.75 Å². The van der Waals surface area contributed by atoms with Crippen LogP contribution in [0.15, 0.2) is 24.3 Å². The van der Waals surface area contributed by atoms with Gasteiger partial charge in [-0.3, -0.25) is 9.59 Å². The molecule has 22 heavy (non-hydrogen) atoms. The minimum atomic E-state index is -2.91. The first kappa shape index (κ1) is 13.6. The number of rotatable bonds is 3. The fourth-order valence-corrected chi connectivity index (χ4v) is 3.74. The second-order valence-corrected chi connectivity index (χ2v) is 5.73. The SMILES string of the molecule is O=C1C2C3CCC(O3)C2C(=O)N1c1ccc(OC(F)F)cc1. The molecule has 4 unspecified atom stereocenters. The maximum Gasteiger partial charge on any atom is 0.387 e. The third-order valence-corrected chi connectivity index (χ3v) is 4.60. The van der Waals surface area contributed by atoms with Gasteiger partial charge in [-0.15, -0.1) is 0 Å². The molecule has 2 bridgehead atoms. The van der Waals surface area contributed by atoms with Crippen molar-refractivity contribution in [2.45, 2.75) is 31.7 Å². The van der Waals surface area contributed by atoms with E-state index in [-0.39, 0.29) is 29.8 Å². The molecule has 0 aromatic heterocycles. The van der Waals surface area contributed by atoms with Crippen molar-refractivity contribution < 1.29 is 27.8 Å². The van der Waals surface area contributed by atoms with E-state index >= 15 is 0 Å². The van der Waals surface area contributed by atoms with E-state index in [9.17, 15) is 18.4 Å². The van der Waals surface area contributed by atoms with E-state index in [1.807, 2.05) is 0 Å². The van der Waals surface area contributed by atoms with Crippen LogP contribution in [0.1, 0.15) is 12.8 Å². The van der Waals surface area contributed by atoms with Crippen molar-refractivity contribution in [3.8, 4) is 5.75 Å². The monoisotopic (exact) mass is 309 g/mol. The number of fused-ring (bicyclic) bond motifs is 5. The van der Waals surface area contributed by atoms with Gasteiger partial charge in [-0.1, -0.05) is 0 Å². The lowest BCUT2D eigenvalue weighted by Gasteiger charge is -2.17. The van der Waals surface area contributed by atoms with Crippen LogP contribution in [0.5, 0.6) is 5.75 Å². The topological polar surface area (TPSA) is 55.8 Å². The normalized spacial score (nSPS) is 33.0. The number of hydrogen-bond acceptors (Lipinski definition) is 4. The Balaban J connectivity index is 1.60. The van der Waals surface area contributed by atoms with E-state index < -0.39 is 18.4 Å². The van der Waals surface area contributed by atoms with Crippen LogP contribution in [0.4, 0.5) is 14.5 Å². The van der Waals surface area contributed by atoms with Crippen LogP contribution < -0.4 is 9.64 Å². The Morgan fingerprint density at radius 2 is 1.59 bits per heavy atom. The highest BCUT2D eigenvalue weighted by Gasteiger charge is 2.62. The second-order valence-electron chi connectivity index (χ2n) is 5.73. The maximum atomic E-state index is 12.5. The molecule has 3 fully saturated rings. The minimum absolute atomic E-state index is 0.0126. The fraction of sp³-hybridized carbons (Fsp3) is 0.467. The summed E-state index contributed by atoms with van der Waals surface area (Å²) in [5, 5.41) is 0. The van der Waals surface area contributed by atoms with Crippen LogP contribution in [-0.4, -0.2) is 30.6 Å². The highest BCUT2D eigenvalue weighted by atomic mass is 19.3. The summed E-state index contributed by atoms with van der Waals surface area (Å²) in [7, 11) is 0. The van der Waals surface area contributed by atoms with Crippen LogP contribution >= 0.6 is 0 Å². The minimum Gasteiger partial charge on any atom is -0.435 e. The van der Waals surface area contributed by atoms with Gasteiger partial charge in [0.2, 0.25) is 11.8 Å². The van der Waals surface area contributed by atoms with E-state index in [0.717, 1.165) is 17.7 Å². The van der Waals surface area contributed by atoms with Crippen molar-refractivity contribution in [2.75, 3.05) is 4.90 Å². The third kappa shape index (κ3) is 1.85. The van der Waals surface area contributed by atoms with Crippen LogP contribution in [0.3, 0.4) is 0 Å². The van der Waals surface area contributed by atoms with Crippen molar-refractivity contribution in [3.63, 3.8) is 0 Å². The maximum absolute atomic E-state index is 12.5. The highest BCUT2D eigenvalue weighted by Crippen LogP contribution is 2.49. The first-order valence-electron chi connectivity index (χ1n) is 7.14. The van der Waals surface area contributed by atoms with Crippen molar-refractivity contribution in [1.82, 2.24) is 0 Å². The van der Waals surface area contributed by atoms with Gasteiger partial charge in [-0.05, 0) is 37.1 Å². The van der Waals surface area contributed by atoms with Gasteiger partial charge in [-0.25, -0.2) is 4.90 Å². The molecule has 0 aliphatic carbocycles. The molecule has 0 N–H and O–H groups in total. The Morgan fingerprint density at radius 1 is 1.05 bits per heavy atom. The van der Waals surface area contributed by atoms with Crippen LogP contribution in [0, 0.1) is 11.8 Å². The number of anilines is 1. The Hall–Kier alpha value is -2.02. The quantitative estimate of drug-likeness (QED) is 0.801. The molecule has 5 nitrogen and oxygen atoms in total. The first-order chi connectivity index (χ1) is 10.6. The van der Waals surface area contributed by atoms with Gasteiger partial charge in [-0.2, -0.15) is 8.78 Å². The lowest BCUT2D eigenvalue weighted by Crippen LogP contribution is -2.34. The van der Waals surface area contributed by atoms with Gasteiger partial charge in [0.15, 0.2) is 0 Å².